The van der Waals surface area contributed by atoms with Crippen molar-refractivity contribution < 1.29 is 14.3 Å². The summed E-state index contributed by atoms with van der Waals surface area (Å²) in [5.74, 6) is 3.16. The Labute approximate surface area is 285 Å². The van der Waals surface area contributed by atoms with Crippen molar-refractivity contribution in [3.63, 3.8) is 0 Å². The van der Waals surface area contributed by atoms with Gasteiger partial charge >= 0.3 is 0 Å². The Morgan fingerprint density at radius 3 is 2.53 bits per heavy atom. The van der Waals surface area contributed by atoms with Crippen molar-refractivity contribution in [2.75, 3.05) is 25.1 Å². The van der Waals surface area contributed by atoms with Crippen LogP contribution in [0.5, 0.6) is 5.75 Å². The fraction of sp³-hybridized carbons (Fsp3) is 0.444. The van der Waals surface area contributed by atoms with Crippen LogP contribution in [0.15, 0.2) is 42.7 Å². The molecule has 2 saturated carbocycles. The first-order valence-corrected chi connectivity index (χ1v) is 17.2. The van der Waals surface area contributed by atoms with Gasteiger partial charge in [-0.1, -0.05) is 36.2 Å². The summed E-state index contributed by atoms with van der Waals surface area (Å²) in [6.45, 7) is 4.48. The van der Waals surface area contributed by atoms with Gasteiger partial charge in [0, 0.05) is 50.4 Å². The number of hydrogen-bond donors (Lipinski definition) is 2. The number of methoxy groups -OCH3 is 1. The van der Waals surface area contributed by atoms with Crippen LogP contribution < -0.4 is 20.3 Å². The van der Waals surface area contributed by atoms with E-state index in [1.54, 1.807) is 18.3 Å². The third kappa shape index (κ3) is 6.52. The fourth-order valence-corrected chi connectivity index (χ4v) is 7.75. The van der Waals surface area contributed by atoms with E-state index in [-0.39, 0.29) is 24.4 Å². The molecule has 0 radical (unpaired) electrons. The van der Waals surface area contributed by atoms with Gasteiger partial charge in [0.25, 0.3) is 11.8 Å². The molecule has 9 nitrogen and oxygen atoms in total. The van der Waals surface area contributed by atoms with Crippen LogP contribution in [0.3, 0.4) is 0 Å². The maximum Gasteiger partial charge on any atom is 0.253 e. The molecular weight excluding hydrogens is 635 g/mol. The van der Waals surface area contributed by atoms with E-state index in [0.29, 0.717) is 33.3 Å². The third-order valence-corrected chi connectivity index (χ3v) is 11.1. The standard InChI is InChI=1S/C36H40Cl2N6O3/c1-20-4-7-25(8-5-20)41-36(46)28-12-30-32(14-31(28)44-18-23-10-24(23)19-44)43(2)33(42-30)13-27-29(37)9-6-21(34(27)38)16-40-35(45)22-11-26(47-3)17-39-15-22/h6,9,11-12,14-15,17,20,23-25H,4-5,7-8,10,13,16,18-19H2,1-3H3,(H,40,45)(H,41,46). The number of pyridine rings is 1. The van der Waals surface area contributed by atoms with Crippen molar-refractivity contribution in [3.8, 4) is 5.75 Å². The Hall–Kier alpha value is -3.82. The summed E-state index contributed by atoms with van der Waals surface area (Å²) in [5, 5.41) is 7.26. The maximum absolute atomic E-state index is 13.8. The van der Waals surface area contributed by atoms with Gasteiger partial charge in [0.05, 0.1) is 46.2 Å². The summed E-state index contributed by atoms with van der Waals surface area (Å²) in [6, 6.07) is 9.55. The van der Waals surface area contributed by atoms with E-state index in [1.165, 1.54) is 19.7 Å². The molecule has 2 aromatic heterocycles. The summed E-state index contributed by atoms with van der Waals surface area (Å²) in [4.78, 5) is 38.1. The van der Waals surface area contributed by atoms with E-state index in [1.807, 2.05) is 19.2 Å². The summed E-state index contributed by atoms with van der Waals surface area (Å²) in [7, 11) is 3.52. The zero-order valence-corrected chi connectivity index (χ0v) is 28.5. The van der Waals surface area contributed by atoms with Crippen LogP contribution in [0.1, 0.15) is 76.7 Å². The molecule has 3 fully saturated rings. The van der Waals surface area contributed by atoms with Crippen LogP contribution in [0.4, 0.5) is 5.69 Å². The minimum atomic E-state index is -0.289. The number of benzene rings is 2. The molecule has 2 amide bonds. The minimum Gasteiger partial charge on any atom is -0.495 e. The second-order valence-electron chi connectivity index (χ2n) is 13.5. The first-order valence-electron chi connectivity index (χ1n) is 16.5. The molecule has 2 aliphatic carbocycles. The summed E-state index contributed by atoms with van der Waals surface area (Å²) >= 11 is 13.6. The molecule has 246 valence electrons. The predicted octanol–water partition coefficient (Wildman–Crippen LogP) is 6.57. The largest absolute Gasteiger partial charge is 0.495 e. The molecule has 0 bridgehead atoms. The van der Waals surface area contributed by atoms with Crippen LogP contribution in [0, 0.1) is 17.8 Å². The van der Waals surface area contributed by atoms with Gasteiger partial charge in [-0.25, -0.2) is 4.98 Å². The van der Waals surface area contributed by atoms with Crippen LogP contribution in [0.2, 0.25) is 10.0 Å². The highest BCUT2D eigenvalue weighted by Gasteiger charge is 2.46. The highest BCUT2D eigenvalue weighted by atomic mass is 35.5. The molecule has 2 N–H and O–H groups in total. The first kappa shape index (κ1) is 31.8. The number of hydrogen-bond acceptors (Lipinski definition) is 6. The van der Waals surface area contributed by atoms with Crippen molar-refractivity contribution in [1.82, 2.24) is 25.2 Å². The number of halogens is 2. The highest BCUT2D eigenvalue weighted by Crippen LogP contribution is 2.47. The fourth-order valence-electron chi connectivity index (χ4n) is 7.18. The lowest BCUT2D eigenvalue weighted by molar-refractivity contribution is 0.0921. The van der Waals surface area contributed by atoms with Crippen molar-refractivity contribution in [1.29, 1.82) is 0 Å². The molecule has 0 spiro atoms. The molecule has 7 rings (SSSR count). The van der Waals surface area contributed by atoms with E-state index in [0.717, 1.165) is 90.2 Å². The molecule has 3 heterocycles. The average molecular weight is 676 g/mol. The van der Waals surface area contributed by atoms with Crippen molar-refractivity contribution in [2.45, 2.75) is 58.0 Å². The SMILES string of the molecule is COc1cncc(C(=O)NCc2ccc(Cl)c(Cc3nc4cc(C(=O)NC5CCC(C)CC5)c(N5CC6CC6C5)cc4n3C)c2Cl)c1. The van der Waals surface area contributed by atoms with Gasteiger partial charge in [0.1, 0.15) is 11.6 Å². The minimum absolute atomic E-state index is 0.0141. The number of carbonyl (C=O) groups excluding carboxylic acids is 2. The predicted molar refractivity (Wildman–Crippen MR) is 185 cm³/mol. The molecule has 1 saturated heterocycles. The lowest BCUT2D eigenvalue weighted by Gasteiger charge is -2.28. The van der Waals surface area contributed by atoms with Gasteiger partial charge in [-0.2, -0.15) is 0 Å². The number of carbonyl (C=O) groups is 2. The average Bonchev–Trinajstić information content (AvgIpc) is 3.56. The Morgan fingerprint density at radius 1 is 1.02 bits per heavy atom. The monoisotopic (exact) mass is 674 g/mol. The highest BCUT2D eigenvalue weighted by molar-refractivity contribution is 6.36. The Bertz CT molecular complexity index is 1840. The number of fused-ring (bicyclic) bond motifs is 2. The van der Waals surface area contributed by atoms with Crippen molar-refractivity contribution in [2.24, 2.45) is 24.8 Å². The number of nitrogens with zero attached hydrogens (tertiary/aromatic N) is 4. The van der Waals surface area contributed by atoms with Gasteiger partial charge in [0.2, 0.25) is 0 Å². The van der Waals surface area contributed by atoms with Crippen LogP contribution >= 0.6 is 23.2 Å². The third-order valence-electron chi connectivity index (χ3n) is 10.3. The van der Waals surface area contributed by atoms with Gasteiger partial charge in [-0.05, 0) is 85.3 Å². The van der Waals surface area contributed by atoms with Gasteiger partial charge in [-0.15, -0.1) is 0 Å². The number of anilines is 1. The number of piperidine rings is 1. The van der Waals surface area contributed by atoms with Crippen LogP contribution in [-0.4, -0.2) is 52.6 Å². The molecule has 4 aromatic rings. The lowest BCUT2D eigenvalue weighted by atomic mass is 9.87. The van der Waals surface area contributed by atoms with Crippen molar-refractivity contribution >= 4 is 51.7 Å². The topological polar surface area (TPSA) is 101 Å². The number of ether oxygens (including phenoxy) is 1. The van der Waals surface area contributed by atoms with Gasteiger partial charge in [0.15, 0.2) is 0 Å². The number of nitrogens with one attached hydrogen (secondary N) is 2. The summed E-state index contributed by atoms with van der Waals surface area (Å²) in [5.41, 5.74) is 5.26. The second kappa shape index (κ2) is 13.0. The number of amides is 2. The smallest absolute Gasteiger partial charge is 0.253 e. The zero-order valence-electron chi connectivity index (χ0n) is 27.0. The van der Waals surface area contributed by atoms with Crippen LogP contribution in [0.25, 0.3) is 11.0 Å². The van der Waals surface area contributed by atoms with Gasteiger partial charge < -0.3 is 24.8 Å². The molecule has 2 unspecified atom stereocenters. The molecule has 3 aliphatic rings. The zero-order chi connectivity index (χ0) is 32.8. The Kier molecular flexibility index (Phi) is 8.78. The quantitative estimate of drug-likeness (QED) is 0.208. The molecule has 2 aromatic carbocycles. The van der Waals surface area contributed by atoms with Gasteiger partial charge in [-0.3, -0.25) is 14.6 Å². The Morgan fingerprint density at radius 2 is 1.79 bits per heavy atom. The normalized spacial score (nSPS) is 21.9. The lowest BCUT2D eigenvalue weighted by Crippen LogP contribution is -2.38. The molecule has 47 heavy (non-hydrogen) atoms. The van der Waals surface area contributed by atoms with E-state index >= 15 is 0 Å². The number of aromatic nitrogens is 3. The Balaban J connectivity index is 1.15. The van der Waals surface area contributed by atoms with Crippen LogP contribution in [-0.2, 0) is 20.0 Å². The van der Waals surface area contributed by atoms with E-state index in [9.17, 15) is 9.59 Å². The van der Waals surface area contributed by atoms with Crippen molar-refractivity contribution in [3.05, 3.63) is 80.8 Å². The molecule has 2 atom stereocenters. The second-order valence-corrected chi connectivity index (χ2v) is 14.3. The van der Waals surface area contributed by atoms with E-state index < -0.39 is 0 Å². The molecule has 1 aliphatic heterocycles. The summed E-state index contributed by atoms with van der Waals surface area (Å²) < 4.78 is 7.25. The number of imidazole rings is 1. The van der Waals surface area contributed by atoms with E-state index in [2.05, 4.69) is 38.1 Å². The number of rotatable bonds is 9. The number of aryl methyl sites for hydroxylation is 1. The first-order chi connectivity index (χ1) is 22.7. The molecule has 11 heteroatoms. The molecular formula is C36H40Cl2N6O3. The summed E-state index contributed by atoms with van der Waals surface area (Å²) in [6.07, 6.45) is 9.05. The maximum atomic E-state index is 13.8. The van der Waals surface area contributed by atoms with E-state index in [4.69, 9.17) is 32.9 Å².